The molecule has 1 aromatic carbocycles. The number of hydrogen-bond acceptors (Lipinski definition) is 3. The van der Waals surface area contributed by atoms with Gasteiger partial charge in [-0.05, 0) is 19.1 Å². The van der Waals surface area contributed by atoms with Crippen LogP contribution in [0.3, 0.4) is 0 Å². The first-order chi connectivity index (χ1) is 7.22. The summed E-state index contributed by atoms with van der Waals surface area (Å²) in [5, 5.41) is 7.39. The van der Waals surface area contributed by atoms with E-state index in [-0.39, 0.29) is 0 Å². The molecular weight excluding hydrogens is 188 g/mol. The lowest BCUT2D eigenvalue weighted by atomic mass is 10.1. The van der Waals surface area contributed by atoms with Gasteiger partial charge >= 0.3 is 0 Å². The van der Waals surface area contributed by atoms with Crippen molar-refractivity contribution < 1.29 is 0 Å². The molecule has 0 spiro atoms. The number of anilines is 1. The fourth-order valence-electron chi connectivity index (χ4n) is 1.64. The molecule has 0 aliphatic rings. The first-order valence-electron chi connectivity index (χ1n) is 4.87. The number of benzene rings is 1. The minimum atomic E-state index is 0.790. The number of para-hydroxylation sites is 1. The van der Waals surface area contributed by atoms with Crippen molar-refractivity contribution in [1.82, 2.24) is 14.8 Å². The van der Waals surface area contributed by atoms with Crippen molar-refractivity contribution in [3.05, 3.63) is 30.1 Å². The van der Waals surface area contributed by atoms with Crippen LogP contribution < -0.4 is 5.32 Å². The van der Waals surface area contributed by atoms with Crippen LogP contribution in [0, 0.1) is 6.92 Å². The Kier molecular flexibility index (Phi) is 2.41. The normalized spacial score (nSPS) is 10.3. The number of aromatic nitrogens is 3. The zero-order valence-electron chi connectivity index (χ0n) is 9.15. The lowest BCUT2D eigenvalue weighted by Gasteiger charge is -2.07. The molecule has 0 fully saturated rings. The summed E-state index contributed by atoms with van der Waals surface area (Å²) in [6.45, 7) is 1.89. The standard InChI is InChI=1S/C11H14N4/c1-8-13-11(15(3)14-8)9-6-4-5-7-10(9)12-2/h4-7,12H,1-3H3. The summed E-state index contributed by atoms with van der Waals surface area (Å²) in [6.07, 6.45) is 0. The largest absolute Gasteiger partial charge is 0.388 e. The second-order valence-electron chi connectivity index (χ2n) is 3.40. The summed E-state index contributed by atoms with van der Waals surface area (Å²) < 4.78 is 1.80. The SMILES string of the molecule is CNc1ccccc1-c1nc(C)nn1C. The van der Waals surface area contributed by atoms with E-state index in [0.29, 0.717) is 0 Å². The van der Waals surface area contributed by atoms with Gasteiger partial charge in [0.2, 0.25) is 0 Å². The van der Waals surface area contributed by atoms with Crippen LogP contribution in [0.5, 0.6) is 0 Å². The van der Waals surface area contributed by atoms with E-state index in [2.05, 4.69) is 15.4 Å². The zero-order chi connectivity index (χ0) is 10.8. The van der Waals surface area contributed by atoms with Gasteiger partial charge in [-0.1, -0.05) is 12.1 Å². The van der Waals surface area contributed by atoms with E-state index >= 15 is 0 Å². The minimum Gasteiger partial charge on any atom is -0.388 e. The van der Waals surface area contributed by atoms with Crippen molar-refractivity contribution in [1.29, 1.82) is 0 Å². The van der Waals surface area contributed by atoms with Gasteiger partial charge in [0.05, 0.1) is 0 Å². The molecule has 1 N–H and O–H groups in total. The van der Waals surface area contributed by atoms with Crippen LogP contribution in [0.15, 0.2) is 24.3 Å². The second kappa shape index (κ2) is 3.73. The summed E-state index contributed by atoms with van der Waals surface area (Å²) in [7, 11) is 3.81. The van der Waals surface area contributed by atoms with Crippen molar-refractivity contribution in [2.75, 3.05) is 12.4 Å². The highest BCUT2D eigenvalue weighted by atomic mass is 15.3. The van der Waals surface area contributed by atoms with Gasteiger partial charge in [0.25, 0.3) is 0 Å². The molecule has 1 aromatic heterocycles. The lowest BCUT2D eigenvalue weighted by Crippen LogP contribution is -1.98. The fourth-order valence-corrected chi connectivity index (χ4v) is 1.64. The van der Waals surface area contributed by atoms with Crippen LogP contribution in [0.1, 0.15) is 5.82 Å². The maximum absolute atomic E-state index is 4.40. The fraction of sp³-hybridized carbons (Fsp3) is 0.273. The Morgan fingerprint density at radius 3 is 2.60 bits per heavy atom. The summed E-state index contributed by atoms with van der Waals surface area (Å²) in [4.78, 5) is 4.40. The Labute approximate surface area is 89.0 Å². The first kappa shape index (κ1) is 9.71. The summed E-state index contributed by atoms with van der Waals surface area (Å²) in [5.41, 5.74) is 2.14. The predicted octanol–water partition coefficient (Wildman–Crippen LogP) is 1.83. The van der Waals surface area contributed by atoms with Crippen molar-refractivity contribution in [3.63, 3.8) is 0 Å². The number of nitrogens with zero attached hydrogens (tertiary/aromatic N) is 3. The van der Waals surface area contributed by atoms with Crippen LogP contribution in [-0.4, -0.2) is 21.8 Å². The molecule has 2 rings (SSSR count). The average molecular weight is 202 g/mol. The monoisotopic (exact) mass is 202 g/mol. The molecular formula is C11H14N4. The smallest absolute Gasteiger partial charge is 0.160 e. The third-order valence-electron chi connectivity index (χ3n) is 2.31. The third kappa shape index (κ3) is 1.70. The Morgan fingerprint density at radius 2 is 2.00 bits per heavy atom. The molecule has 0 atom stereocenters. The molecule has 4 heteroatoms. The van der Waals surface area contributed by atoms with E-state index in [0.717, 1.165) is 22.9 Å². The number of rotatable bonds is 2. The number of hydrogen-bond donors (Lipinski definition) is 1. The van der Waals surface area contributed by atoms with Crippen LogP contribution >= 0.6 is 0 Å². The van der Waals surface area contributed by atoms with Gasteiger partial charge in [0.15, 0.2) is 5.82 Å². The third-order valence-corrected chi connectivity index (χ3v) is 2.31. The molecule has 0 aliphatic carbocycles. The first-order valence-corrected chi connectivity index (χ1v) is 4.87. The maximum Gasteiger partial charge on any atom is 0.160 e. The molecule has 0 saturated carbocycles. The highest BCUT2D eigenvalue weighted by Crippen LogP contribution is 2.25. The number of aryl methyl sites for hydroxylation is 2. The Balaban J connectivity index is 2.58. The van der Waals surface area contributed by atoms with Crippen LogP contribution in [0.4, 0.5) is 5.69 Å². The maximum atomic E-state index is 4.40. The average Bonchev–Trinajstić information content (AvgIpc) is 2.57. The van der Waals surface area contributed by atoms with Gasteiger partial charge < -0.3 is 5.32 Å². The summed E-state index contributed by atoms with van der Waals surface area (Å²) in [5.74, 6) is 1.68. The highest BCUT2D eigenvalue weighted by Gasteiger charge is 2.09. The number of nitrogens with one attached hydrogen (secondary N) is 1. The predicted molar refractivity (Wildman–Crippen MR) is 60.7 cm³/mol. The van der Waals surface area contributed by atoms with Crippen LogP contribution in [0.2, 0.25) is 0 Å². The van der Waals surface area contributed by atoms with Crippen LogP contribution in [0.25, 0.3) is 11.4 Å². The summed E-state index contributed by atoms with van der Waals surface area (Å²) in [6, 6.07) is 8.06. The molecule has 4 nitrogen and oxygen atoms in total. The van der Waals surface area contributed by atoms with E-state index in [1.54, 1.807) is 4.68 Å². The lowest BCUT2D eigenvalue weighted by molar-refractivity contribution is 0.764. The molecule has 15 heavy (non-hydrogen) atoms. The summed E-state index contributed by atoms with van der Waals surface area (Å²) >= 11 is 0. The van der Waals surface area contributed by atoms with Crippen molar-refractivity contribution in [3.8, 4) is 11.4 Å². The molecule has 0 bridgehead atoms. The quantitative estimate of drug-likeness (QED) is 0.808. The topological polar surface area (TPSA) is 42.7 Å². The molecule has 0 aliphatic heterocycles. The van der Waals surface area contributed by atoms with Gasteiger partial charge in [-0.25, -0.2) is 9.67 Å². The second-order valence-corrected chi connectivity index (χ2v) is 3.40. The molecule has 0 radical (unpaired) electrons. The van der Waals surface area contributed by atoms with E-state index < -0.39 is 0 Å². The Morgan fingerprint density at radius 1 is 1.27 bits per heavy atom. The molecule has 78 valence electrons. The van der Waals surface area contributed by atoms with Gasteiger partial charge in [-0.15, -0.1) is 0 Å². The van der Waals surface area contributed by atoms with Crippen LogP contribution in [-0.2, 0) is 7.05 Å². The Hall–Kier alpha value is -1.84. The molecule has 0 unspecified atom stereocenters. The highest BCUT2D eigenvalue weighted by molar-refractivity contribution is 5.73. The van der Waals surface area contributed by atoms with Gasteiger partial charge in [0, 0.05) is 25.3 Å². The van der Waals surface area contributed by atoms with E-state index in [4.69, 9.17) is 0 Å². The zero-order valence-corrected chi connectivity index (χ0v) is 9.15. The van der Waals surface area contributed by atoms with Crippen molar-refractivity contribution in [2.45, 2.75) is 6.92 Å². The van der Waals surface area contributed by atoms with E-state index in [1.165, 1.54) is 0 Å². The molecule has 0 amide bonds. The van der Waals surface area contributed by atoms with Gasteiger partial charge in [0.1, 0.15) is 5.82 Å². The molecule has 1 heterocycles. The minimum absolute atomic E-state index is 0.790. The van der Waals surface area contributed by atoms with Gasteiger partial charge in [-0.3, -0.25) is 0 Å². The van der Waals surface area contributed by atoms with E-state index in [9.17, 15) is 0 Å². The van der Waals surface area contributed by atoms with Gasteiger partial charge in [-0.2, -0.15) is 5.10 Å². The molecule has 2 aromatic rings. The Bertz CT molecular complexity index is 473. The van der Waals surface area contributed by atoms with Crippen molar-refractivity contribution >= 4 is 5.69 Å². The van der Waals surface area contributed by atoms with Crippen molar-refractivity contribution in [2.24, 2.45) is 7.05 Å². The van der Waals surface area contributed by atoms with E-state index in [1.807, 2.05) is 45.3 Å². The molecule has 0 saturated heterocycles.